The van der Waals surface area contributed by atoms with Crippen molar-refractivity contribution in [2.75, 3.05) is 44.6 Å². The van der Waals surface area contributed by atoms with E-state index in [0.717, 1.165) is 45.7 Å². The molecular formula is C24H32N4O2. The summed E-state index contributed by atoms with van der Waals surface area (Å²) in [6.07, 6.45) is 0.939. The number of nitrogens with zero attached hydrogens (tertiary/aromatic N) is 2. The molecule has 160 valence electrons. The third-order valence-corrected chi connectivity index (χ3v) is 5.53. The number of aryl methyl sites for hydroxylation is 2. The molecule has 2 aromatic carbocycles. The predicted molar refractivity (Wildman–Crippen MR) is 120 cm³/mol. The second kappa shape index (κ2) is 10.9. The lowest BCUT2D eigenvalue weighted by Gasteiger charge is -2.34. The van der Waals surface area contributed by atoms with Gasteiger partial charge in [0.05, 0.1) is 0 Å². The maximum Gasteiger partial charge on any atom is 0.313 e. The third-order valence-electron chi connectivity index (χ3n) is 5.53. The van der Waals surface area contributed by atoms with E-state index in [1.165, 1.54) is 16.7 Å². The van der Waals surface area contributed by atoms with Crippen LogP contribution in [0.15, 0.2) is 48.5 Å². The summed E-state index contributed by atoms with van der Waals surface area (Å²) in [4.78, 5) is 28.9. The van der Waals surface area contributed by atoms with Crippen molar-refractivity contribution >= 4 is 17.5 Å². The minimum absolute atomic E-state index is 0.471. The fourth-order valence-corrected chi connectivity index (χ4v) is 3.54. The van der Waals surface area contributed by atoms with Crippen molar-refractivity contribution in [1.29, 1.82) is 0 Å². The largest absolute Gasteiger partial charge is 0.347 e. The zero-order valence-corrected chi connectivity index (χ0v) is 18.0. The highest BCUT2D eigenvalue weighted by molar-refractivity contribution is 6.39. The SMILES string of the molecule is CCc1ccc(NC(=O)C(=O)NCCN2CCN(Cc3ccc(C)cc3)CC2)cc1. The first kappa shape index (κ1) is 22.0. The molecule has 0 radical (unpaired) electrons. The minimum atomic E-state index is -0.623. The summed E-state index contributed by atoms with van der Waals surface area (Å²) >= 11 is 0. The summed E-state index contributed by atoms with van der Waals surface area (Å²) in [7, 11) is 0. The topological polar surface area (TPSA) is 64.7 Å². The Morgan fingerprint density at radius 2 is 1.43 bits per heavy atom. The molecule has 1 aliphatic heterocycles. The molecule has 2 aromatic rings. The van der Waals surface area contributed by atoms with E-state index < -0.39 is 11.8 Å². The molecule has 1 heterocycles. The molecule has 1 fully saturated rings. The normalized spacial score (nSPS) is 15.0. The number of nitrogens with one attached hydrogen (secondary N) is 2. The summed E-state index contributed by atoms with van der Waals surface area (Å²) in [6.45, 7) is 10.3. The van der Waals surface area contributed by atoms with Crippen LogP contribution in [0.5, 0.6) is 0 Å². The Kier molecular flexibility index (Phi) is 7.99. The predicted octanol–water partition coefficient (Wildman–Crippen LogP) is 2.43. The van der Waals surface area contributed by atoms with Gasteiger partial charge in [0.2, 0.25) is 0 Å². The van der Waals surface area contributed by atoms with Crippen LogP contribution in [0, 0.1) is 6.92 Å². The van der Waals surface area contributed by atoms with Crippen LogP contribution < -0.4 is 10.6 Å². The number of rotatable bonds is 7. The maximum atomic E-state index is 12.0. The van der Waals surface area contributed by atoms with Gasteiger partial charge in [-0.1, -0.05) is 48.9 Å². The Morgan fingerprint density at radius 3 is 2.07 bits per heavy atom. The van der Waals surface area contributed by atoms with Crippen molar-refractivity contribution in [2.24, 2.45) is 0 Å². The number of anilines is 1. The van der Waals surface area contributed by atoms with E-state index in [4.69, 9.17) is 0 Å². The summed E-state index contributed by atoms with van der Waals surface area (Å²) in [6, 6.07) is 16.2. The van der Waals surface area contributed by atoms with Crippen molar-refractivity contribution in [2.45, 2.75) is 26.8 Å². The Bertz CT molecular complexity index is 825. The Hall–Kier alpha value is -2.70. The first-order valence-electron chi connectivity index (χ1n) is 10.7. The summed E-state index contributed by atoms with van der Waals surface area (Å²) in [5.74, 6) is -1.21. The van der Waals surface area contributed by atoms with Crippen LogP contribution in [0.4, 0.5) is 5.69 Å². The smallest absolute Gasteiger partial charge is 0.313 e. The van der Waals surface area contributed by atoms with Gasteiger partial charge in [-0.3, -0.25) is 19.4 Å². The Balaban J connectivity index is 1.32. The Labute approximate surface area is 179 Å². The number of carbonyl (C=O) groups is 2. The van der Waals surface area contributed by atoms with E-state index in [9.17, 15) is 9.59 Å². The lowest BCUT2D eigenvalue weighted by atomic mass is 10.1. The fourth-order valence-electron chi connectivity index (χ4n) is 3.54. The monoisotopic (exact) mass is 408 g/mol. The van der Waals surface area contributed by atoms with E-state index >= 15 is 0 Å². The highest BCUT2D eigenvalue weighted by atomic mass is 16.2. The van der Waals surface area contributed by atoms with Crippen LogP contribution in [0.25, 0.3) is 0 Å². The van der Waals surface area contributed by atoms with Crippen LogP contribution in [0.3, 0.4) is 0 Å². The molecule has 0 atom stereocenters. The number of piperazine rings is 1. The van der Waals surface area contributed by atoms with Gasteiger partial charge in [0.15, 0.2) is 0 Å². The highest BCUT2D eigenvalue weighted by Crippen LogP contribution is 2.11. The van der Waals surface area contributed by atoms with Crippen molar-refractivity contribution in [3.05, 3.63) is 65.2 Å². The molecule has 2 amide bonds. The quantitative estimate of drug-likeness (QED) is 0.691. The number of benzene rings is 2. The molecule has 0 saturated carbocycles. The standard InChI is InChI=1S/C24H32N4O2/c1-3-20-8-10-22(11-9-20)26-24(30)23(29)25-12-13-27-14-16-28(17-15-27)18-21-6-4-19(2)5-7-21/h4-11H,3,12-18H2,1-2H3,(H,25,29)(H,26,30). The van der Waals surface area contributed by atoms with Gasteiger partial charge in [0.25, 0.3) is 0 Å². The van der Waals surface area contributed by atoms with Gasteiger partial charge < -0.3 is 10.6 Å². The zero-order chi connectivity index (χ0) is 21.3. The van der Waals surface area contributed by atoms with Gasteiger partial charge in [-0.25, -0.2) is 0 Å². The molecular weight excluding hydrogens is 376 g/mol. The molecule has 1 saturated heterocycles. The molecule has 0 aliphatic carbocycles. The summed E-state index contributed by atoms with van der Waals surface area (Å²) in [5, 5.41) is 5.37. The Morgan fingerprint density at radius 1 is 0.833 bits per heavy atom. The molecule has 0 bridgehead atoms. The van der Waals surface area contributed by atoms with Gasteiger partial charge in [0.1, 0.15) is 0 Å². The van der Waals surface area contributed by atoms with Crippen LogP contribution in [-0.4, -0.2) is 60.9 Å². The minimum Gasteiger partial charge on any atom is -0.347 e. The number of amides is 2. The second-order valence-corrected chi connectivity index (χ2v) is 7.86. The van der Waals surface area contributed by atoms with Gasteiger partial charge in [0, 0.05) is 51.5 Å². The average molecular weight is 409 g/mol. The fraction of sp³-hybridized carbons (Fsp3) is 0.417. The molecule has 6 heteroatoms. The molecule has 2 N–H and O–H groups in total. The van der Waals surface area contributed by atoms with Crippen LogP contribution >= 0.6 is 0 Å². The molecule has 0 aromatic heterocycles. The highest BCUT2D eigenvalue weighted by Gasteiger charge is 2.18. The lowest BCUT2D eigenvalue weighted by molar-refractivity contribution is -0.136. The number of hydrogen-bond donors (Lipinski definition) is 2. The van der Waals surface area contributed by atoms with Crippen LogP contribution in [-0.2, 0) is 22.6 Å². The summed E-state index contributed by atoms with van der Waals surface area (Å²) < 4.78 is 0. The first-order chi connectivity index (χ1) is 14.5. The van der Waals surface area contributed by atoms with Crippen molar-refractivity contribution in [3.63, 3.8) is 0 Å². The van der Waals surface area contributed by atoms with Gasteiger partial charge >= 0.3 is 11.8 Å². The van der Waals surface area contributed by atoms with Crippen molar-refractivity contribution in [1.82, 2.24) is 15.1 Å². The van der Waals surface area contributed by atoms with E-state index in [1.807, 2.05) is 24.3 Å². The molecule has 30 heavy (non-hydrogen) atoms. The average Bonchev–Trinajstić information content (AvgIpc) is 2.77. The van der Waals surface area contributed by atoms with E-state index in [1.54, 1.807) is 0 Å². The summed E-state index contributed by atoms with van der Waals surface area (Å²) in [5.41, 5.74) is 4.46. The van der Waals surface area contributed by atoms with Gasteiger partial charge in [-0.2, -0.15) is 0 Å². The van der Waals surface area contributed by atoms with Gasteiger partial charge in [-0.15, -0.1) is 0 Å². The lowest BCUT2D eigenvalue weighted by Crippen LogP contribution is -2.48. The number of carbonyl (C=O) groups excluding carboxylic acids is 2. The van der Waals surface area contributed by atoms with Crippen molar-refractivity contribution < 1.29 is 9.59 Å². The van der Waals surface area contributed by atoms with Crippen molar-refractivity contribution in [3.8, 4) is 0 Å². The van der Waals surface area contributed by atoms with Crippen LogP contribution in [0.2, 0.25) is 0 Å². The number of hydrogen-bond acceptors (Lipinski definition) is 4. The van der Waals surface area contributed by atoms with Gasteiger partial charge in [-0.05, 0) is 36.6 Å². The van der Waals surface area contributed by atoms with Crippen LogP contribution in [0.1, 0.15) is 23.6 Å². The third kappa shape index (κ3) is 6.68. The zero-order valence-electron chi connectivity index (χ0n) is 18.0. The molecule has 0 unspecified atom stereocenters. The van der Waals surface area contributed by atoms with E-state index in [-0.39, 0.29) is 0 Å². The second-order valence-electron chi connectivity index (χ2n) is 7.86. The maximum absolute atomic E-state index is 12.0. The first-order valence-corrected chi connectivity index (χ1v) is 10.7. The molecule has 1 aliphatic rings. The molecule has 6 nitrogen and oxygen atoms in total. The molecule has 0 spiro atoms. The molecule has 3 rings (SSSR count). The van der Waals surface area contributed by atoms with E-state index in [2.05, 4.69) is 58.5 Å². The van der Waals surface area contributed by atoms with E-state index in [0.29, 0.717) is 12.2 Å².